The lowest BCUT2D eigenvalue weighted by atomic mass is 10.2. The Morgan fingerprint density at radius 2 is 1.75 bits per heavy atom. The van der Waals surface area contributed by atoms with Gasteiger partial charge in [-0.3, -0.25) is 9.59 Å². The Balaban J connectivity index is 2.90. The van der Waals surface area contributed by atoms with Gasteiger partial charge in [0.05, 0.1) is 10.9 Å². The summed E-state index contributed by atoms with van der Waals surface area (Å²) in [5.41, 5.74) is 0. The smallest absolute Gasteiger partial charge is 0.323 e. The van der Waals surface area contributed by atoms with E-state index in [0.717, 1.165) is 4.90 Å². The highest BCUT2D eigenvalue weighted by molar-refractivity contribution is 7.89. The van der Waals surface area contributed by atoms with Gasteiger partial charge in [0.25, 0.3) is 0 Å². The van der Waals surface area contributed by atoms with Crippen LogP contribution in [-0.4, -0.2) is 49.4 Å². The van der Waals surface area contributed by atoms with Crippen molar-refractivity contribution >= 4 is 33.5 Å². The van der Waals surface area contributed by atoms with Crippen molar-refractivity contribution in [2.75, 3.05) is 13.1 Å². The summed E-state index contributed by atoms with van der Waals surface area (Å²) in [6.07, 6.45) is 0. The van der Waals surface area contributed by atoms with Gasteiger partial charge in [-0.1, -0.05) is 25.4 Å². The predicted octanol–water partition coefficient (Wildman–Crippen LogP) is 1.58. The van der Waals surface area contributed by atoms with Gasteiger partial charge in [-0.25, -0.2) is 8.42 Å². The van der Waals surface area contributed by atoms with Gasteiger partial charge in [-0.15, -0.1) is 0 Å². The van der Waals surface area contributed by atoms with E-state index in [0.29, 0.717) is 5.02 Å². The zero-order valence-electron chi connectivity index (χ0n) is 13.7. The van der Waals surface area contributed by atoms with E-state index >= 15 is 0 Å². The average molecular weight is 377 g/mol. The fourth-order valence-electron chi connectivity index (χ4n) is 2.08. The van der Waals surface area contributed by atoms with E-state index in [1.807, 2.05) is 13.8 Å². The molecule has 9 heteroatoms. The number of benzene rings is 1. The number of hydrogen-bond acceptors (Lipinski definition) is 4. The van der Waals surface area contributed by atoms with Crippen molar-refractivity contribution in [1.82, 2.24) is 9.62 Å². The first-order valence-corrected chi connectivity index (χ1v) is 9.17. The molecule has 0 bridgehead atoms. The first-order chi connectivity index (χ1) is 11.0. The van der Waals surface area contributed by atoms with Gasteiger partial charge in [0.1, 0.15) is 6.54 Å². The zero-order chi connectivity index (χ0) is 18.5. The molecule has 1 rings (SSSR count). The number of carbonyl (C=O) groups is 2. The van der Waals surface area contributed by atoms with Gasteiger partial charge < -0.3 is 10.0 Å². The molecule has 0 radical (unpaired) electrons. The lowest BCUT2D eigenvalue weighted by Gasteiger charge is -2.26. The van der Waals surface area contributed by atoms with Crippen molar-refractivity contribution in [3.63, 3.8) is 0 Å². The molecule has 1 atom stereocenters. The van der Waals surface area contributed by atoms with Crippen LogP contribution in [-0.2, 0) is 19.6 Å². The number of carboxylic acids is 1. The van der Waals surface area contributed by atoms with Crippen molar-refractivity contribution in [3.8, 4) is 0 Å². The molecule has 0 aromatic heterocycles. The van der Waals surface area contributed by atoms with Crippen LogP contribution in [0.3, 0.4) is 0 Å². The number of sulfonamides is 1. The number of carbonyl (C=O) groups excluding carboxylic acids is 1. The highest BCUT2D eigenvalue weighted by atomic mass is 35.5. The molecule has 134 valence electrons. The Labute approximate surface area is 146 Å². The van der Waals surface area contributed by atoms with E-state index in [9.17, 15) is 18.0 Å². The molecule has 1 amide bonds. The van der Waals surface area contributed by atoms with Crippen molar-refractivity contribution in [2.24, 2.45) is 5.92 Å². The fraction of sp³-hybridized carbons (Fsp3) is 0.467. The van der Waals surface area contributed by atoms with E-state index in [-0.39, 0.29) is 17.4 Å². The molecule has 0 aliphatic heterocycles. The Bertz CT molecular complexity index is 688. The van der Waals surface area contributed by atoms with Crippen LogP contribution in [0.5, 0.6) is 0 Å². The van der Waals surface area contributed by atoms with Crippen molar-refractivity contribution < 1.29 is 23.1 Å². The standard InChI is InChI=1S/C15H21ClN2O5S/c1-10(2)8-18(9-14(19)20)15(21)11(3)17-24(22,23)13-6-4-12(16)5-7-13/h4-7,10-11,17H,8-9H2,1-3H3,(H,19,20). The summed E-state index contributed by atoms with van der Waals surface area (Å²) in [7, 11) is -3.92. The van der Waals surface area contributed by atoms with E-state index in [2.05, 4.69) is 4.72 Å². The van der Waals surface area contributed by atoms with Crippen LogP contribution >= 0.6 is 11.6 Å². The summed E-state index contributed by atoms with van der Waals surface area (Å²) >= 11 is 5.72. The molecular formula is C15H21ClN2O5S. The van der Waals surface area contributed by atoms with Gasteiger partial charge in [-0.05, 0) is 37.1 Å². The molecule has 1 unspecified atom stereocenters. The number of aliphatic carboxylic acids is 1. The van der Waals surface area contributed by atoms with Gasteiger partial charge in [0.2, 0.25) is 15.9 Å². The minimum Gasteiger partial charge on any atom is -0.480 e. The quantitative estimate of drug-likeness (QED) is 0.716. The Morgan fingerprint density at radius 1 is 1.21 bits per heavy atom. The maximum atomic E-state index is 12.4. The molecular weight excluding hydrogens is 356 g/mol. The molecule has 0 saturated heterocycles. The number of carboxylic acid groups (broad SMARTS) is 1. The molecule has 0 heterocycles. The third-order valence-electron chi connectivity index (χ3n) is 3.05. The summed E-state index contributed by atoms with van der Waals surface area (Å²) in [4.78, 5) is 24.4. The zero-order valence-corrected chi connectivity index (χ0v) is 15.3. The lowest BCUT2D eigenvalue weighted by molar-refractivity contribution is -0.145. The first kappa shape index (κ1) is 20.4. The van der Waals surface area contributed by atoms with Crippen LogP contribution in [0.1, 0.15) is 20.8 Å². The van der Waals surface area contributed by atoms with Gasteiger partial charge in [-0.2, -0.15) is 4.72 Å². The molecule has 0 spiro atoms. The SMILES string of the molecule is CC(C)CN(CC(=O)O)C(=O)C(C)NS(=O)(=O)c1ccc(Cl)cc1. The largest absolute Gasteiger partial charge is 0.480 e. The molecule has 1 aromatic carbocycles. The van der Waals surface area contributed by atoms with Crippen molar-refractivity contribution in [1.29, 1.82) is 0 Å². The number of amides is 1. The normalized spacial score (nSPS) is 12.9. The Hall–Kier alpha value is -1.64. The van der Waals surface area contributed by atoms with E-state index in [4.69, 9.17) is 16.7 Å². The van der Waals surface area contributed by atoms with Crippen LogP contribution < -0.4 is 4.72 Å². The molecule has 7 nitrogen and oxygen atoms in total. The molecule has 1 aromatic rings. The predicted molar refractivity (Wildman–Crippen MR) is 90.3 cm³/mol. The maximum Gasteiger partial charge on any atom is 0.323 e. The van der Waals surface area contributed by atoms with Crippen LogP contribution in [0.2, 0.25) is 5.02 Å². The molecule has 0 fully saturated rings. The maximum absolute atomic E-state index is 12.4. The molecule has 0 aliphatic rings. The van der Waals surface area contributed by atoms with Crippen LogP contribution in [0.25, 0.3) is 0 Å². The Morgan fingerprint density at radius 3 is 2.21 bits per heavy atom. The summed E-state index contributed by atoms with van der Waals surface area (Å²) in [6.45, 7) is 4.79. The summed E-state index contributed by atoms with van der Waals surface area (Å²) in [6, 6.07) is 4.41. The number of nitrogens with one attached hydrogen (secondary N) is 1. The van der Waals surface area contributed by atoms with Crippen molar-refractivity contribution in [2.45, 2.75) is 31.7 Å². The highest BCUT2D eigenvalue weighted by Crippen LogP contribution is 2.14. The second-order valence-corrected chi connectivity index (χ2v) is 7.95. The van der Waals surface area contributed by atoms with Crippen LogP contribution in [0.15, 0.2) is 29.2 Å². The second kappa shape index (κ2) is 8.46. The summed E-state index contributed by atoms with van der Waals surface area (Å²) < 4.78 is 26.8. The van der Waals surface area contributed by atoms with Crippen LogP contribution in [0.4, 0.5) is 0 Å². The lowest BCUT2D eigenvalue weighted by Crippen LogP contribution is -2.49. The third-order valence-corrected chi connectivity index (χ3v) is 4.86. The number of halogens is 1. The average Bonchev–Trinajstić information content (AvgIpc) is 2.44. The fourth-order valence-corrected chi connectivity index (χ4v) is 3.40. The molecule has 24 heavy (non-hydrogen) atoms. The highest BCUT2D eigenvalue weighted by Gasteiger charge is 2.27. The van der Waals surface area contributed by atoms with Crippen LogP contribution in [0, 0.1) is 5.92 Å². The third kappa shape index (κ3) is 6.10. The molecule has 0 aliphatic carbocycles. The number of nitrogens with zero attached hydrogens (tertiary/aromatic N) is 1. The van der Waals surface area contributed by atoms with E-state index < -0.39 is 34.5 Å². The van der Waals surface area contributed by atoms with Gasteiger partial charge >= 0.3 is 5.97 Å². The monoisotopic (exact) mass is 376 g/mol. The summed E-state index contributed by atoms with van der Waals surface area (Å²) in [5.74, 6) is -1.70. The minimum absolute atomic E-state index is 0.0276. The second-order valence-electron chi connectivity index (χ2n) is 5.80. The summed E-state index contributed by atoms with van der Waals surface area (Å²) in [5, 5.41) is 9.31. The Kier molecular flexibility index (Phi) is 7.19. The first-order valence-electron chi connectivity index (χ1n) is 7.31. The van der Waals surface area contributed by atoms with Crippen molar-refractivity contribution in [3.05, 3.63) is 29.3 Å². The van der Waals surface area contributed by atoms with Gasteiger partial charge in [0.15, 0.2) is 0 Å². The number of hydrogen-bond donors (Lipinski definition) is 2. The molecule has 0 saturated carbocycles. The van der Waals surface area contributed by atoms with Gasteiger partial charge in [0, 0.05) is 11.6 Å². The van der Waals surface area contributed by atoms with E-state index in [1.165, 1.54) is 31.2 Å². The topological polar surface area (TPSA) is 104 Å². The van der Waals surface area contributed by atoms with E-state index in [1.54, 1.807) is 0 Å². The minimum atomic E-state index is -3.92. The molecule has 2 N–H and O–H groups in total. The number of rotatable bonds is 8.